The number of esters is 1. The number of fused-ring (bicyclic) bond motifs is 1. The van der Waals surface area contributed by atoms with Crippen molar-refractivity contribution in [2.45, 2.75) is 39.7 Å². The van der Waals surface area contributed by atoms with Crippen LogP contribution in [0.1, 0.15) is 46.8 Å². The second-order valence-corrected chi connectivity index (χ2v) is 5.91. The molecule has 0 bridgehead atoms. The summed E-state index contributed by atoms with van der Waals surface area (Å²) in [6.07, 6.45) is 2.94. The van der Waals surface area contributed by atoms with Gasteiger partial charge in [-0.2, -0.15) is 0 Å². The van der Waals surface area contributed by atoms with E-state index in [-0.39, 0.29) is 13.0 Å². The standard InChI is InChI=1S/C17H19ClO5/c1-9(5-7-13(19)20)4-6-11-15(18)14-12(8-23-17(14)21)10(2)16(11)22-3/h4H,5-8H2,1-3H3,(H,19,20)/b9-4+. The molecule has 0 aromatic heterocycles. The normalized spacial score (nSPS) is 13.7. The van der Waals surface area contributed by atoms with E-state index in [1.165, 1.54) is 0 Å². The zero-order valence-corrected chi connectivity index (χ0v) is 14.1. The summed E-state index contributed by atoms with van der Waals surface area (Å²) in [4.78, 5) is 22.5. The lowest BCUT2D eigenvalue weighted by molar-refractivity contribution is -0.136. The highest BCUT2D eigenvalue weighted by Crippen LogP contribution is 2.40. The van der Waals surface area contributed by atoms with Gasteiger partial charge in [-0.1, -0.05) is 23.3 Å². The van der Waals surface area contributed by atoms with Crippen molar-refractivity contribution < 1.29 is 24.2 Å². The Hall–Kier alpha value is -2.01. The molecule has 0 fully saturated rings. The Bertz CT molecular complexity index is 691. The molecule has 124 valence electrons. The molecule has 2 rings (SSSR count). The van der Waals surface area contributed by atoms with Crippen LogP contribution in [0.15, 0.2) is 11.6 Å². The van der Waals surface area contributed by atoms with Crippen LogP contribution in [0.3, 0.4) is 0 Å². The van der Waals surface area contributed by atoms with Crippen molar-refractivity contribution in [1.82, 2.24) is 0 Å². The largest absolute Gasteiger partial charge is 0.496 e. The maximum absolute atomic E-state index is 11.9. The highest BCUT2D eigenvalue weighted by atomic mass is 35.5. The number of hydrogen-bond donors (Lipinski definition) is 1. The number of carbonyl (C=O) groups excluding carboxylic acids is 1. The fourth-order valence-corrected chi connectivity index (χ4v) is 3.03. The van der Waals surface area contributed by atoms with Crippen LogP contribution in [0.5, 0.6) is 5.75 Å². The summed E-state index contributed by atoms with van der Waals surface area (Å²) in [5.74, 6) is -0.595. The van der Waals surface area contributed by atoms with E-state index in [1.807, 2.05) is 19.9 Å². The molecule has 0 unspecified atom stereocenters. The summed E-state index contributed by atoms with van der Waals surface area (Å²) in [7, 11) is 1.56. The highest BCUT2D eigenvalue weighted by Gasteiger charge is 2.31. The third-order valence-electron chi connectivity index (χ3n) is 4.00. The van der Waals surface area contributed by atoms with Crippen LogP contribution in [0.4, 0.5) is 0 Å². The molecule has 0 radical (unpaired) electrons. The van der Waals surface area contributed by atoms with E-state index in [9.17, 15) is 9.59 Å². The maximum atomic E-state index is 11.9. The number of ether oxygens (including phenoxy) is 2. The number of benzene rings is 1. The highest BCUT2D eigenvalue weighted by molar-refractivity contribution is 6.35. The van der Waals surface area contributed by atoms with Gasteiger partial charge in [0.1, 0.15) is 12.4 Å². The molecule has 1 aliphatic heterocycles. The average Bonchev–Trinajstić information content (AvgIpc) is 2.89. The van der Waals surface area contributed by atoms with Crippen molar-refractivity contribution in [2.75, 3.05) is 7.11 Å². The Morgan fingerprint density at radius 1 is 1.43 bits per heavy atom. The summed E-state index contributed by atoms with van der Waals surface area (Å²) >= 11 is 6.41. The molecule has 1 heterocycles. The molecule has 0 aliphatic carbocycles. The van der Waals surface area contributed by atoms with Gasteiger partial charge in [0.05, 0.1) is 17.7 Å². The van der Waals surface area contributed by atoms with Crippen LogP contribution in [0, 0.1) is 6.92 Å². The molecule has 1 aliphatic rings. The van der Waals surface area contributed by atoms with Crippen LogP contribution in [0.2, 0.25) is 5.02 Å². The first-order chi connectivity index (χ1) is 10.9. The zero-order chi connectivity index (χ0) is 17.1. The van der Waals surface area contributed by atoms with Crippen molar-refractivity contribution in [3.8, 4) is 5.75 Å². The number of rotatable bonds is 6. The first-order valence-corrected chi connectivity index (χ1v) is 7.67. The fraction of sp³-hybridized carbons (Fsp3) is 0.412. The van der Waals surface area contributed by atoms with E-state index in [0.29, 0.717) is 29.2 Å². The molecular formula is C17H19ClO5. The van der Waals surface area contributed by atoms with Gasteiger partial charge in [-0.15, -0.1) is 0 Å². The molecule has 5 nitrogen and oxygen atoms in total. The van der Waals surface area contributed by atoms with Crippen LogP contribution in [-0.2, 0) is 22.6 Å². The molecule has 23 heavy (non-hydrogen) atoms. The number of methoxy groups -OCH3 is 1. The Labute approximate surface area is 139 Å². The van der Waals surface area contributed by atoms with Gasteiger partial charge in [0.15, 0.2) is 0 Å². The van der Waals surface area contributed by atoms with Gasteiger partial charge in [0, 0.05) is 17.5 Å². The molecular weight excluding hydrogens is 320 g/mol. The molecule has 0 atom stereocenters. The Balaban J connectivity index is 2.37. The van der Waals surface area contributed by atoms with Crippen LogP contribution in [-0.4, -0.2) is 24.2 Å². The lowest BCUT2D eigenvalue weighted by Gasteiger charge is -2.15. The van der Waals surface area contributed by atoms with Crippen molar-refractivity contribution >= 4 is 23.5 Å². The minimum Gasteiger partial charge on any atom is -0.496 e. The molecule has 1 aromatic carbocycles. The Kier molecular flexibility index (Phi) is 5.31. The number of cyclic esters (lactones) is 1. The molecule has 6 heteroatoms. The van der Waals surface area contributed by atoms with Gasteiger partial charge < -0.3 is 14.6 Å². The van der Waals surface area contributed by atoms with Crippen LogP contribution < -0.4 is 4.74 Å². The molecule has 0 saturated carbocycles. The Morgan fingerprint density at radius 3 is 2.74 bits per heavy atom. The summed E-state index contributed by atoms with van der Waals surface area (Å²) in [5.41, 5.74) is 3.71. The van der Waals surface area contributed by atoms with Gasteiger partial charge in [-0.3, -0.25) is 4.79 Å². The first-order valence-electron chi connectivity index (χ1n) is 7.29. The molecule has 0 saturated heterocycles. The number of halogens is 1. The van der Waals surface area contributed by atoms with Crippen LogP contribution in [0.25, 0.3) is 0 Å². The zero-order valence-electron chi connectivity index (χ0n) is 13.4. The average molecular weight is 339 g/mol. The maximum Gasteiger partial charge on any atom is 0.340 e. The molecule has 1 aromatic rings. The number of hydrogen-bond acceptors (Lipinski definition) is 4. The third-order valence-corrected chi connectivity index (χ3v) is 4.41. The van der Waals surface area contributed by atoms with Gasteiger partial charge in [-0.05, 0) is 32.3 Å². The van der Waals surface area contributed by atoms with E-state index < -0.39 is 11.9 Å². The van der Waals surface area contributed by atoms with Crippen molar-refractivity contribution in [2.24, 2.45) is 0 Å². The predicted molar refractivity (Wildman–Crippen MR) is 86.2 cm³/mol. The number of carbonyl (C=O) groups is 2. The second-order valence-electron chi connectivity index (χ2n) is 5.53. The summed E-state index contributed by atoms with van der Waals surface area (Å²) < 4.78 is 10.5. The summed E-state index contributed by atoms with van der Waals surface area (Å²) in [6.45, 7) is 3.96. The fourth-order valence-electron chi connectivity index (χ4n) is 2.68. The topological polar surface area (TPSA) is 72.8 Å². The van der Waals surface area contributed by atoms with Gasteiger partial charge in [0.25, 0.3) is 0 Å². The van der Waals surface area contributed by atoms with E-state index in [2.05, 4.69) is 0 Å². The third kappa shape index (κ3) is 3.50. The van der Waals surface area contributed by atoms with Crippen molar-refractivity contribution in [1.29, 1.82) is 0 Å². The molecule has 0 amide bonds. The monoisotopic (exact) mass is 338 g/mol. The number of carboxylic acid groups (broad SMARTS) is 1. The summed E-state index contributed by atoms with van der Waals surface area (Å²) in [6, 6.07) is 0. The minimum absolute atomic E-state index is 0.0861. The van der Waals surface area contributed by atoms with E-state index in [1.54, 1.807) is 7.11 Å². The van der Waals surface area contributed by atoms with Crippen molar-refractivity contribution in [3.05, 3.63) is 38.9 Å². The van der Waals surface area contributed by atoms with E-state index >= 15 is 0 Å². The van der Waals surface area contributed by atoms with Gasteiger partial charge >= 0.3 is 11.9 Å². The van der Waals surface area contributed by atoms with Gasteiger partial charge in [0.2, 0.25) is 0 Å². The Morgan fingerprint density at radius 2 is 2.13 bits per heavy atom. The van der Waals surface area contributed by atoms with E-state index in [0.717, 1.165) is 22.3 Å². The van der Waals surface area contributed by atoms with Gasteiger partial charge in [-0.25, -0.2) is 4.79 Å². The van der Waals surface area contributed by atoms with E-state index in [4.69, 9.17) is 26.2 Å². The second kappa shape index (κ2) is 7.04. The summed E-state index contributed by atoms with van der Waals surface area (Å²) in [5, 5.41) is 9.08. The SMILES string of the molecule is COc1c(C)c2c(c(Cl)c1C/C=C(\C)CCC(=O)O)C(=O)OC2. The van der Waals surface area contributed by atoms with Crippen LogP contribution >= 0.6 is 11.6 Å². The number of carboxylic acids is 1. The molecule has 1 N–H and O–H groups in total. The lowest BCUT2D eigenvalue weighted by Crippen LogP contribution is -2.04. The minimum atomic E-state index is -0.829. The van der Waals surface area contributed by atoms with Crippen molar-refractivity contribution in [3.63, 3.8) is 0 Å². The quantitative estimate of drug-likeness (QED) is 0.632. The first kappa shape index (κ1) is 17.3. The smallest absolute Gasteiger partial charge is 0.340 e. The number of allylic oxidation sites excluding steroid dienone is 2. The lowest BCUT2D eigenvalue weighted by atomic mass is 9.96. The predicted octanol–water partition coefficient (Wildman–Crippen LogP) is 3.68. The number of aliphatic carboxylic acids is 1. The molecule has 0 spiro atoms.